The Morgan fingerprint density at radius 2 is 1.84 bits per heavy atom. The summed E-state index contributed by atoms with van der Waals surface area (Å²) in [4.78, 5) is 15.0. The van der Waals surface area contributed by atoms with Gasteiger partial charge in [-0.25, -0.2) is 17.1 Å². The number of nitrogens with one attached hydrogen (secondary N) is 1. The fourth-order valence-electron chi connectivity index (χ4n) is 4.97. The van der Waals surface area contributed by atoms with Crippen molar-refractivity contribution in [3.05, 3.63) is 34.6 Å². The zero-order valence-electron chi connectivity index (χ0n) is 19.0. The van der Waals surface area contributed by atoms with Crippen molar-refractivity contribution in [2.75, 3.05) is 39.3 Å². The number of rotatable bonds is 8. The summed E-state index contributed by atoms with van der Waals surface area (Å²) in [5, 5.41) is 3.13. The van der Waals surface area contributed by atoms with E-state index in [0.717, 1.165) is 37.9 Å². The van der Waals surface area contributed by atoms with Gasteiger partial charge in [0.05, 0.1) is 5.75 Å². The summed E-state index contributed by atoms with van der Waals surface area (Å²) < 4.78 is 40.8. The molecule has 1 aromatic rings. The van der Waals surface area contributed by atoms with Crippen molar-refractivity contribution >= 4 is 27.5 Å². The molecule has 0 saturated carbocycles. The van der Waals surface area contributed by atoms with Gasteiger partial charge < -0.3 is 10.2 Å². The van der Waals surface area contributed by atoms with Crippen LogP contribution < -0.4 is 5.32 Å². The van der Waals surface area contributed by atoms with Crippen LogP contribution in [0.4, 0.5) is 4.39 Å². The molecule has 32 heavy (non-hydrogen) atoms. The highest BCUT2D eigenvalue weighted by molar-refractivity contribution is 7.88. The summed E-state index contributed by atoms with van der Waals surface area (Å²) in [6.45, 7) is 9.00. The van der Waals surface area contributed by atoms with Crippen LogP contribution >= 0.6 is 11.6 Å². The van der Waals surface area contributed by atoms with E-state index in [1.165, 1.54) is 28.9 Å². The van der Waals surface area contributed by atoms with E-state index in [0.29, 0.717) is 19.4 Å². The molecule has 0 spiro atoms. The molecule has 2 aliphatic rings. The highest BCUT2D eigenvalue weighted by Crippen LogP contribution is 2.26. The molecule has 0 unspecified atom stereocenters. The van der Waals surface area contributed by atoms with Gasteiger partial charge in [-0.3, -0.25) is 4.79 Å². The number of nitrogens with zero attached hydrogens (tertiary/aromatic N) is 2. The van der Waals surface area contributed by atoms with Crippen LogP contribution in [0.1, 0.15) is 45.1 Å². The summed E-state index contributed by atoms with van der Waals surface area (Å²) in [5.41, 5.74) is -0.00785. The second kappa shape index (κ2) is 11.3. The molecule has 0 bridgehead atoms. The van der Waals surface area contributed by atoms with E-state index < -0.39 is 21.6 Å². The normalized spacial score (nSPS) is 23.9. The molecule has 2 saturated heterocycles. The van der Waals surface area contributed by atoms with Crippen LogP contribution in [-0.2, 0) is 20.6 Å². The van der Waals surface area contributed by atoms with Crippen molar-refractivity contribution < 1.29 is 17.6 Å². The topological polar surface area (TPSA) is 69.7 Å². The predicted octanol–water partition coefficient (Wildman–Crippen LogP) is 3.51. The smallest absolute Gasteiger partial charge is 0.223 e. The van der Waals surface area contributed by atoms with Crippen molar-refractivity contribution in [3.8, 4) is 0 Å². The third kappa shape index (κ3) is 6.89. The van der Waals surface area contributed by atoms with E-state index in [2.05, 4.69) is 24.1 Å². The molecule has 9 heteroatoms. The summed E-state index contributed by atoms with van der Waals surface area (Å²) in [7, 11) is -3.70. The number of piperidine rings is 2. The van der Waals surface area contributed by atoms with Crippen molar-refractivity contribution in [2.24, 2.45) is 17.8 Å². The number of amides is 1. The predicted molar refractivity (Wildman–Crippen MR) is 125 cm³/mol. The molecule has 0 aliphatic carbocycles. The standard InChI is InChI=1S/C23H35ClFN3O3S/c1-17-13-18(2)15-27(14-17)10-4-9-26-23(29)19-7-11-28(12-8-19)32(30,31)16-20-21(24)5-3-6-22(20)25/h3,5-6,17-19H,4,7-16H2,1-2H3,(H,26,29)/t17-,18-/m1/s1. The summed E-state index contributed by atoms with van der Waals surface area (Å²) >= 11 is 5.98. The van der Waals surface area contributed by atoms with E-state index in [9.17, 15) is 17.6 Å². The number of hydrogen-bond acceptors (Lipinski definition) is 4. The number of benzene rings is 1. The molecular weight excluding hydrogens is 453 g/mol. The third-order valence-corrected chi connectivity index (χ3v) is 8.66. The van der Waals surface area contributed by atoms with Crippen LogP contribution in [-0.4, -0.2) is 62.8 Å². The maximum atomic E-state index is 14.0. The minimum Gasteiger partial charge on any atom is -0.356 e. The molecule has 6 nitrogen and oxygen atoms in total. The zero-order valence-corrected chi connectivity index (χ0v) is 20.6. The first kappa shape index (κ1) is 25.4. The van der Waals surface area contributed by atoms with E-state index in [4.69, 9.17) is 11.6 Å². The van der Waals surface area contributed by atoms with E-state index in [-0.39, 0.29) is 35.5 Å². The van der Waals surface area contributed by atoms with Crippen LogP contribution in [0.2, 0.25) is 5.02 Å². The molecule has 1 amide bonds. The lowest BCUT2D eigenvalue weighted by Crippen LogP contribution is -2.44. The first-order valence-electron chi connectivity index (χ1n) is 11.6. The van der Waals surface area contributed by atoms with Crippen LogP contribution in [0.5, 0.6) is 0 Å². The lowest BCUT2D eigenvalue weighted by molar-refractivity contribution is -0.126. The van der Waals surface area contributed by atoms with Gasteiger partial charge in [-0.05, 0) is 56.2 Å². The third-order valence-electron chi connectivity index (χ3n) is 6.50. The van der Waals surface area contributed by atoms with Crippen LogP contribution in [0.3, 0.4) is 0 Å². The average Bonchev–Trinajstić information content (AvgIpc) is 2.73. The second-order valence-corrected chi connectivity index (χ2v) is 11.9. The Hall–Kier alpha value is -1.22. The summed E-state index contributed by atoms with van der Waals surface area (Å²) in [6, 6.07) is 4.14. The van der Waals surface area contributed by atoms with Gasteiger partial charge in [0.25, 0.3) is 0 Å². The number of carbonyl (C=O) groups excluding carboxylic acids is 1. The molecule has 0 radical (unpaired) electrons. The largest absolute Gasteiger partial charge is 0.356 e. The maximum Gasteiger partial charge on any atom is 0.223 e. The first-order valence-corrected chi connectivity index (χ1v) is 13.5. The van der Waals surface area contributed by atoms with Crippen molar-refractivity contribution in [2.45, 2.75) is 45.3 Å². The summed E-state index contributed by atoms with van der Waals surface area (Å²) in [6.07, 6.45) is 3.14. The van der Waals surface area contributed by atoms with Crippen LogP contribution in [0, 0.1) is 23.6 Å². The zero-order chi connectivity index (χ0) is 23.3. The van der Waals surface area contributed by atoms with Gasteiger partial charge in [0.15, 0.2) is 0 Å². The van der Waals surface area contributed by atoms with Gasteiger partial charge in [-0.15, -0.1) is 0 Å². The van der Waals surface area contributed by atoms with Gasteiger partial charge in [0.2, 0.25) is 15.9 Å². The number of carbonyl (C=O) groups is 1. The molecule has 2 aliphatic heterocycles. The highest BCUT2D eigenvalue weighted by atomic mass is 35.5. The molecule has 2 heterocycles. The molecule has 3 rings (SSSR count). The number of likely N-dealkylation sites (tertiary alicyclic amines) is 1. The Kier molecular flexibility index (Phi) is 8.95. The van der Waals surface area contributed by atoms with Crippen molar-refractivity contribution in [1.82, 2.24) is 14.5 Å². The quantitative estimate of drug-likeness (QED) is 0.570. The molecular formula is C23H35ClFN3O3S. The minimum atomic E-state index is -3.70. The first-order chi connectivity index (χ1) is 15.2. The molecule has 1 N–H and O–H groups in total. The number of sulfonamides is 1. The minimum absolute atomic E-state index is 0.000392. The van der Waals surface area contributed by atoms with Gasteiger partial charge >= 0.3 is 0 Å². The van der Waals surface area contributed by atoms with Crippen molar-refractivity contribution in [1.29, 1.82) is 0 Å². The Bertz CT molecular complexity index is 860. The Balaban J connectivity index is 1.40. The molecule has 2 fully saturated rings. The van der Waals surface area contributed by atoms with Gasteiger partial charge in [0.1, 0.15) is 5.82 Å². The Labute approximate surface area is 196 Å². The monoisotopic (exact) mass is 487 g/mol. The lowest BCUT2D eigenvalue weighted by Gasteiger charge is -2.35. The Morgan fingerprint density at radius 1 is 1.19 bits per heavy atom. The van der Waals surface area contributed by atoms with E-state index in [1.54, 1.807) is 0 Å². The fraction of sp³-hybridized carbons (Fsp3) is 0.696. The van der Waals surface area contributed by atoms with E-state index >= 15 is 0 Å². The van der Waals surface area contributed by atoms with Gasteiger partial charge in [0, 0.05) is 49.2 Å². The van der Waals surface area contributed by atoms with Crippen LogP contribution in [0.25, 0.3) is 0 Å². The van der Waals surface area contributed by atoms with Gasteiger partial charge in [-0.1, -0.05) is 31.5 Å². The molecule has 0 aromatic heterocycles. The van der Waals surface area contributed by atoms with E-state index in [1.807, 2.05) is 0 Å². The number of halogens is 2. The molecule has 1 aromatic carbocycles. The van der Waals surface area contributed by atoms with Crippen molar-refractivity contribution in [3.63, 3.8) is 0 Å². The molecule has 180 valence electrons. The Morgan fingerprint density at radius 3 is 2.47 bits per heavy atom. The highest BCUT2D eigenvalue weighted by Gasteiger charge is 2.32. The lowest BCUT2D eigenvalue weighted by atomic mass is 9.92. The SMILES string of the molecule is C[C@@H]1C[C@@H](C)CN(CCCNC(=O)C2CCN(S(=O)(=O)Cc3c(F)cccc3Cl)CC2)C1. The summed E-state index contributed by atoms with van der Waals surface area (Å²) in [5.74, 6) is 0.175. The average molecular weight is 488 g/mol. The number of hydrogen-bond donors (Lipinski definition) is 1. The maximum absolute atomic E-state index is 14.0. The van der Waals surface area contributed by atoms with Gasteiger partial charge in [-0.2, -0.15) is 0 Å². The van der Waals surface area contributed by atoms with Crippen LogP contribution in [0.15, 0.2) is 18.2 Å². The second-order valence-electron chi connectivity index (χ2n) is 9.48. The molecule has 2 atom stereocenters. The fourth-order valence-corrected chi connectivity index (χ4v) is 6.89.